The molecule has 0 saturated carbocycles. The second kappa shape index (κ2) is 22.6. The number of nitriles is 4. The molecule has 10 nitrogen and oxygen atoms in total. The Hall–Kier alpha value is -13.8. The maximum atomic E-state index is 10.7. The molecule has 10 heteroatoms. The fourth-order valence-electron chi connectivity index (χ4n) is 14.0. The summed E-state index contributed by atoms with van der Waals surface area (Å²) in [6.45, 7) is 0. The molecule has 17 rings (SSSR count). The lowest BCUT2D eigenvalue weighted by Gasteiger charge is -2.24. The minimum Gasteiger partial charge on any atom is -0.309 e. The minimum atomic E-state index is 0.372. The lowest BCUT2D eigenvalue weighted by molar-refractivity contribution is 1.07. The summed E-state index contributed by atoms with van der Waals surface area (Å²) in [5, 5.41) is 47.6. The Balaban J connectivity index is 1.07. The summed E-state index contributed by atoms with van der Waals surface area (Å²) in [7, 11) is 0. The number of nitrogens with zero attached hydrogens (tertiary/aromatic N) is 10. The first-order chi connectivity index (χ1) is 46.9. The summed E-state index contributed by atoms with van der Waals surface area (Å²) < 4.78 is 7.14. The van der Waals surface area contributed by atoms with Crippen molar-refractivity contribution in [1.29, 1.82) is 21.0 Å². The van der Waals surface area contributed by atoms with E-state index in [0.717, 1.165) is 133 Å². The SMILES string of the molecule is N#Cc1ccc(-c2ccc3c(c2)c2cc(-c4ccc(C#N)cc4C#N)ccc2n3-c2c(-c3ccccc3-n3c4ccccc4c4ccccc43)cc(-c3nc(-c4ccccc4)nc(-c4ccccc4)n3)cc2-c2ccccc2-n2c3ccccc3c3ccccc32)c(C#N)c1. The Kier molecular flexibility index (Phi) is 13.2. The molecule has 0 bridgehead atoms. The van der Waals surface area contributed by atoms with E-state index in [-0.39, 0.29) is 0 Å². The Labute approximate surface area is 545 Å². The summed E-state index contributed by atoms with van der Waals surface area (Å²) in [4.78, 5) is 16.1. The molecule has 13 aromatic carbocycles. The number of hydrogen-bond acceptors (Lipinski definition) is 7. The van der Waals surface area contributed by atoms with E-state index in [9.17, 15) is 21.0 Å². The Bertz CT molecular complexity index is 5740. The smallest absolute Gasteiger partial charge is 0.164 e. The molecule has 0 fully saturated rings. The molecule has 0 radical (unpaired) electrons. The zero-order valence-corrected chi connectivity index (χ0v) is 50.7. The van der Waals surface area contributed by atoms with Gasteiger partial charge in [0.25, 0.3) is 0 Å². The fraction of sp³-hybridized carbons (Fsp3) is 0. The van der Waals surface area contributed by atoms with Crippen molar-refractivity contribution in [2.24, 2.45) is 0 Å². The number of hydrogen-bond donors (Lipinski definition) is 0. The topological polar surface area (TPSA) is 149 Å². The van der Waals surface area contributed by atoms with E-state index in [2.05, 4.69) is 232 Å². The molecule has 95 heavy (non-hydrogen) atoms. The van der Waals surface area contributed by atoms with Crippen molar-refractivity contribution in [2.75, 3.05) is 0 Å². The number of fused-ring (bicyclic) bond motifs is 9. The molecule has 0 aliphatic carbocycles. The van der Waals surface area contributed by atoms with Gasteiger partial charge in [0.15, 0.2) is 17.5 Å². The van der Waals surface area contributed by atoms with Gasteiger partial charge in [-0.3, -0.25) is 0 Å². The van der Waals surface area contributed by atoms with Gasteiger partial charge in [-0.15, -0.1) is 0 Å². The number of para-hydroxylation sites is 6. The van der Waals surface area contributed by atoms with Crippen LogP contribution in [-0.4, -0.2) is 28.7 Å². The number of benzene rings is 13. The first-order valence-electron chi connectivity index (χ1n) is 31.1. The largest absolute Gasteiger partial charge is 0.309 e. The third-order valence-corrected chi connectivity index (χ3v) is 18.2. The van der Waals surface area contributed by atoms with Crippen LogP contribution in [0.2, 0.25) is 0 Å². The number of aromatic nitrogens is 6. The highest BCUT2D eigenvalue weighted by Gasteiger charge is 2.28. The summed E-state index contributed by atoms with van der Waals surface area (Å²) in [6.07, 6.45) is 0. The van der Waals surface area contributed by atoms with Crippen LogP contribution in [0.15, 0.2) is 291 Å². The molecule has 17 aromatic rings. The van der Waals surface area contributed by atoms with Crippen LogP contribution in [0.1, 0.15) is 22.3 Å². The summed E-state index contributed by atoms with van der Waals surface area (Å²) in [6, 6.07) is 109. The van der Waals surface area contributed by atoms with Crippen LogP contribution >= 0.6 is 0 Å². The third kappa shape index (κ3) is 9.10. The van der Waals surface area contributed by atoms with Gasteiger partial charge in [0.05, 0.1) is 96.7 Å². The first-order valence-corrected chi connectivity index (χ1v) is 31.1. The predicted octanol–water partition coefficient (Wildman–Crippen LogP) is 20.3. The van der Waals surface area contributed by atoms with Crippen LogP contribution in [0.3, 0.4) is 0 Å². The van der Waals surface area contributed by atoms with Crippen molar-refractivity contribution in [1.82, 2.24) is 28.7 Å². The van der Waals surface area contributed by atoms with E-state index >= 15 is 0 Å². The second-order valence-electron chi connectivity index (χ2n) is 23.5. The van der Waals surface area contributed by atoms with Gasteiger partial charge in [-0.25, -0.2) is 15.0 Å². The Morgan fingerprint density at radius 3 is 0.968 bits per heavy atom. The van der Waals surface area contributed by atoms with Gasteiger partial charge in [-0.2, -0.15) is 21.0 Å². The second-order valence-corrected chi connectivity index (χ2v) is 23.5. The summed E-state index contributed by atoms with van der Waals surface area (Å²) >= 11 is 0. The van der Waals surface area contributed by atoms with Gasteiger partial charge in [-0.05, 0) is 119 Å². The molecule has 0 unspecified atom stereocenters. The molecule has 4 aromatic heterocycles. The van der Waals surface area contributed by atoms with E-state index in [4.69, 9.17) is 15.0 Å². The lowest BCUT2D eigenvalue weighted by atomic mass is 9.90. The summed E-state index contributed by atoms with van der Waals surface area (Å²) in [5.74, 6) is 1.52. The van der Waals surface area contributed by atoms with Crippen LogP contribution in [0.4, 0.5) is 0 Å². The fourth-order valence-corrected chi connectivity index (χ4v) is 14.0. The van der Waals surface area contributed by atoms with E-state index in [1.54, 1.807) is 24.3 Å². The molecule has 438 valence electrons. The first kappa shape index (κ1) is 55.3. The van der Waals surface area contributed by atoms with Gasteiger partial charge < -0.3 is 13.7 Å². The highest BCUT2D eigenvalue weighted by atomic mass is 15.0. The molecule has 0 aliphatic rings. The van der Waals surface area contributed by atoms with Gasteiger partial charge in [0.2, 0.25) is 0 Å². The normalized spacial score (nSPS) is 11.3. The van der Waals surface area contributed by atoms with Gasteiger partial charge in [0.1, 0.15) is 0 Å². The molecule has 0 amide bonds. The molecular formula is C85H48N10. The van der Waals surface area contributed by atoms with E-state index in [1.165, 1.54) is 0 Å². The standard InChI is InChI=1S/C85H48N10/c86-49-53-35-39-62(60(43-53)51-88)57-37-41-80-70(45-57)71-46-58(63-40-36-54(50-87)44-61(63)52-89)38-42-81(71)95(80)82-72(68-27-11-17-33-78(68)93-74-29-13-7-23-64(74)65-24-8-14-30-75(65)93)47-59(85-91-83(55-19-3-1-4-20-55)90-84(92-85)56-21-5-2-6-22-56)48-73(82)69-28-12-18-34-79(69)94-76-31-15-9-25-66(76)67-26-10-16-32-77(67)94/h1-48H. The van der Waals surface area contributed by atoms with Crippen LogP contribution in [0.25, 0.3) is 161 Å². The van der Waals surface area contributed by atoms with Gasteiger partial charge >= 0.3 is 0 Å². The minimum absolute atomic E-state index is 0.372. The van der Waals surface area contributed by atoms with Crippen molar-refractivity contribution in [2.45, 2.75) is 0 Å². The van der Waals surface area contributed by atoms with Crippen LogP contribution < -0.4 is 0 Å². The molecule has 4 heterocycles. The molecule has 0 N–H and O–H groups in total. The maximum Gasteiger partial charge on any atom is 0.164 e. The molecule has 0 atom stereocenters. The maximum absolute atomic E-state index is 10.7. The quantitative estimate of drug-likeness (QED) is 0.132. The van der Waals surface area contributed by atoms with Crippen molar-refractivity contribution in [3.8, 4) is 120 Å². The van der Waals surface area contributed by atoms with Crippen LogP contribution in [0.5, 0.6) is 0 Å². The molecular weight excluding hydrogens is 1160 g/mol. The van der Waals surface area contributed by atoms with Crippen molar-refractivity contribution < 1.29 is 0 Å². The van der Waals surface area contributed by atoms with Crippen molar-refractivity contribution >= 4 is 65.4 Å². The highest BCUT2D eigenvalue weighted by molar-refractivity contribution is 6.15. The monoisotopic (exact) mass is 1210 g/mol. The summed E-state index contributed by atoms with van der Waals surface area (Å²) in [5.41, 5.74) is 19.0. The van der Waals surface area contributed by atoms with Crippen LogP contribution in [0, 0.1) is 45.3 Å². The average Bonchev–Trinajstić information content (AvgIpc) is 1.63. The lowest BCUT2D eigenvalue weighted by Crippen LogP contribution is -2.07. The van der Waals surface area contributed by atoms with Crippen molar-refractivity contribution in [3.63, 3.8) is 0 Å². The number of rotatable bonds is 10. The zero-order valence-electron chi connectivity index (χ0n) is 50.7. The zero-order chi connectivity index (χ0) is 63.7. The molecule has 0 aliphatic heterocycles. The third-order valence-electron chi connectivity index (χ3n) is 18.2. The molecule has 0 spiro atoms. The Morgan fingerprint density at radius 1 is 0.232 bits per heavy atom. The van der Waals surface area contributed by atoms with E-state index < -0.39 is 0 Å². The van der Waals surface area contributed by atoms with E-state index in [0.29, 0.717) is 50.9 Å². The van der Waals surface area contributed by atoms with E-state index in [1.807, 2.05) is 72.8 Å². The van der Waals surface area contributed by atoms with Crippen LogP contribution in [-0.2, 0) is 0 Å². The van der Waals surface area contributed by atoms with Gasteiger partial charge in [-0.1, -0.05) is 194 Å². The van der Waals surface area contributed by atoms with Gasteiger partial charge in [0, 0.05) is 71.3 Å². The average molecular weight is 1210 g/mol. The molecule has 0 saturated heterocycles. The predicted molar refractivity (Wildman–Crippen MR) is 380 cm³/mol. The highest BCUT2D eigenvalue weighted by Crippen LogP contribution is 2.49. The van der Waals surface area contributed by atoms with Crippen molar-refractivity contribution in [3.05, 3.63) is 313 Å². The Morgan fingerprint density at radius 2 is 0.579 bits per heavy atom.